The Morgan fingerprint density at radius 3 is 2.30 bits per heavy atom. The van der Waals surface area contributed by atoms with Gasteiger partial charge in [0.15, 0.2) is 5.78 Å². The second-order valence-electron chi connectivity index (χ2n) is 8.42. The number of amides is 3. The Morgan fingerprint density at radius 1 is 0.939 bits per heavy atom. The molecule has 0 bridgehead atoms. The van der Waals surface area contributed by atoms with Crippen molar-refractivity contribution in [2.24, 2.45) is 0 Å². The normalized spacial score (nSPS) is 18.5. The van der Waals surface area contributed by atoms with Crippen molar-refractivity contribution < 1.29 is 19.2 Å². The number of rotatable bonds is 5. The van der Waals surface area contributed by atoms with Crippen LogP contribution in [0.1, 0.15) is 55.2 Å². The molecule has 0 radical (unpaired) electrons. The smallest absolute Gasteiger partial charge is 0.263 e. The van der Waals surface area contributed by atoms with Crippen molar-refractivity contribution in [3.63, 3.8) is 0 Å². The Labute approximate surface area is 200 Å². The molecule has 176 valence electrons. The Morgan fingerprint density at radius 2 is 1.64 bits per heavy atom. The van der Waals surface area contributed by atoms with Gasteiger partial charge in [-0.1, -0.05) is 6.07 Å². The fourth-order valence-electron chi connectivity index (χ4n) is 4.36. The molecule has 0 unspecified atom stereocenters. The van der Waals surface area contributed by atoms with Gasteiger partial charge in [0.05, 0.1) is 14.6 Å². The number of hydrogen-bond acceptors (Lipinski definition) is 7. The number of nitrogens with one attached hydrogen (secondary N) is 2. The summed E-state index contributed by atoms with van der Waals surface area (Å²) in [4.78, 5) is 56.4. The van der Waals surface area contributed by atoms with Crippen LogP contribution in [0.25, 0.3) is 0 Å². The van der Waals surface area contributed by atoms with E-state index in [-0.39, 0.29) is 23.5 Å². The maximum atomic E-state index is 13.7. The first-order valence-electron chi connectivity index (χ1n) is 11.2. The van der Waals surface area contributed by atoms with Crippen LogP contribution in [0.15, 0.2) is 29.6 Å². The van der Waals surface area contributed by atoms with E-state index in [1.807, 2.05) is 22.4 Å². The lowest BCUT2D eigenvalue weighted by atomic mass is 9.86. The molecule has 10 heteroatoms. The third-order valence-corrected chi connectivity index (χ3v) is 8.24. The van der Waals surface area contributed by atoms with Gasteiger partial charge >= 0.3 is 0 Å². The number of hydrogen-bond donors (Lipinski definition) is 2. The highest BCUT2D eigenvalue weighted by molar-refractivity contribution is 7.16. The Kier molecular flexibility index (Phi) is 7.26. The average Bonchev–Trinajstić information content (AvgIpc) is 3.47. The summed E-state index contributed by atoms with van der Waals surface area (Å²) in [5.41, 5.74) is -0.990. The highest BCUT2D eigenvalue weighted by atomic mass is 32.1. The van der Waals surface area contributed by atoms with Crippen molar-refractivity contribution in [3.8, 4) is 0 Å². The van der Waals surface area contributed by atoms with Crippen LogP contribution in [0.3, 0.4) is 0 Å². The molecular weight excluding hydrogens is 460 g/mol. The van der Waals surface area contributed by atoms with Crippen LogP contribution >= 0.6 is 22.7 Å². The minimum absolute atomic E-state index is 0.00292. The van der Waals surface area contributed by atoms with Crippen LogP contribution in [-0.4, -0.2) is 78.1 Å². The number of piperidine rings is 1. The third kappa shape index (κ3) is 5.18. The fourth-order valence-corrected chi connectivity index (χ4v) is 5.84. The molecule has 0 aromatic carbocycles. The molecule has 0 spiro atoms. The third-order valence-electron chi connectivity index (χ3n) is 6.20. The molecule has 33 heavy (non-hydrogen) atoms. The van der Waals surface area contributed by atoms with Gasteiger partial charge < -0.3 is 20.4 Å². The molecule has 0 aliphatic carbocycles. The maximum absolute atomic E-state index is 13.7. The van der Waals surface area contributed by atoms with Crippen molar-refractivity contribution in [2.75, 3.05) is 39.3 Å². The van der Waals surface area contributed by atoms with Crippen molar-refractivity contribution in [1.82, 2.24) is 20.4 Å². The minimum Gasteiger partial charge on any atom is -0.339 e. The molecule has 3 amide bonds. The Balaban J connectivity index is 1.47. The molecule has 2 aromatic heterocycles. The summed E-state index contributed by atoms with van der Waals surface area (Å²) in [6.07, 6.45) is 1.69. The second kappa shape index (κ2) is 10.1. The maximum Gasteiger partial charge on any atom is 0.263 e. The summed E-state index contributed by atoms with van der Waals surface area (Å²) in [5.74, 6) is -0.501. The molecule has 0 atom stereocenters. The largest absolute Gasteiger partial charge is 0.339 e. The lowest BCUT2D eigenvalue weighted by Crippen LogP contribution is -2.63. The number of thiophene rings is 2. The lowest BCUT2D eigenvalue weighted by molar-refractivity contribution is -0.139. The number of nitrogens with zero attached hydrogens (tertiary/aromatic N) is 2. The highest BCUT2D eigenvalue weighted by Crippen LogP contribution is 2.25. The van der Waals surface area contributed by atoms with Gasteiger partial charge in [-0.2, -0.15) is 0 Å². The topological polar surface area (TPSA) is 98.8 Å². The van der Waals surface area contributed by atoms with E-state index in [0.717, 1.165) is 11.3 Å². The summed E-state index contributed by atoms with van der Waals surface area (Å²) in [5, 5.41) is 8.17. The molecule has 2 aliphatic rings. The van der Waals surface area contributed by atoms with E-state index >= 15 is 0 Å². The van der Waals surface area contributed by atoms with Crippen molar-refractivity contribution in [1.29, 1.82) is 0 Å². The zero-order chi connectivity index (χ0) is 23.4. The molecule has 4 heterocycles. The van der Waals surface area contributed by atoms with Crippen molar-refractivity contribution in [3.05, 3.63) is 44.3 Å². The molecule has 0 saturated carbocycles. The van der Waals surface area contributed by atoms with E-state index in [1.165, 1.54) is 18.3 Å². The molecule has 4 rings (SSSR count). The van der Waals surface area contributed by atoms with Crippen LogP contribution < -0.4 is 10.6 Å². The van der Waals surface area contributed by atoms with Crippen LogP contribution in [0, 0.1) is 0 Å². The Hall–Kier alpha value is -2.56. The van der Waals surface area contributed by atoms with Gasteiger partial charge in [-0.3, -0.25) is 19.2 Å². The van der Waals surface area contributed by atoms with Gasteiger partial charge in [0, 0.05) is 26.2 Å². The molecule has 2 saturated heterocycles. The first-order chi connectivity index (χ1) is 15.9. The zero-order valence-corrected chi connectivity index (χ0v) is 20.2. The predicted molar refractivity (Wildman–Crippen MR) is 128 cm³/mol. The van der Waals surface area contributed by atoms with E-state index < -0.39 is 5.54 Å². The van der Waals surface area contributed by atoms with Gasteiger partial charge in [0.25, 0.3) is 11.8 Å². The van der Waals surface area contributed by atoms with E-state index in [2.05, 4.69) is 10.6 Å². The van der Waals surface area contributed by atoms with Gasteiger partial charge in [0.2, 0.25) is 5.91 Å². The van der Waals surface area contributed by atoms with Gasteiger partial charge in [-0.05, 0) is 62.9 Å². The zero-order valence-electron chi connectivity index (χ0n) is 18.6. The SMILES string of the molecule is CC(=O)c1ccc(C(=O)NC2(C(=O)N3CCCN(C(=O)c4cccs4)CC3)CCNCC2)s1. The van der Waals surface area contributed by atoms with Crippen molar-refractivity contribution >= 4 is 46.2 Å². The molecular formula is C23H28N4O4S2. The van der Waals surface area contributed by atoms with Crippen molar-refractivity contribution in [2.45, 2.75) is 31.7 Å². The standard InChI is InChI=1S/C23H28N4O4S2/c1-16(28)17-5-6-18(33-17)20(29)25-23(7-9-24-10-8-23)22(31)27-12-3-11-26(13-14-27)21(30)19-4-2-15-32-19/h2,4-6,15,24H,3,7-14H2,1H3,(H,25,29). The summed E-state index contributed by atoms with van der Waals surface area (Å²) in [6.45, 7) is 4.79. The van der Waals surface area contributed by atoms with Crippen LogP contribution in [-0.2, 0) is 4.79 Å². The van der Waals surface area contributed by atoms with Crippen LogP contribution in [0.5, 0.6) is 0 Å². The second-order valence-corrected chi connectivity index (χ2v) is 10.5. The Bertz CT molecular complexity index is 1030. The summed E-state index contributed by atoms with van der Waals surface area (Å²) in [6, 6.07) is 6.97. The van der Waals surface area contributed by atoms with E-state index in [9.17, 15) is 19.2 Å². The summed E-state index contributed by atoms with van der Waals surface area (Å²) in [7, 11) is 0. The average molecular weight is 489 g/mol. The molecule has 2 aliphatic heterocycles. The van der Waals surface area contributed by atoms with Gasteiger partial charge in [-0.15, -0.1) is 22.7 Å². The number of Topliss-reactive ketones (excluding diaryl/α,β-unsaturated/α-hetero) is 1. The first-order valence-corrected chi connectivity index (χ1v) is 12.9. The van der Waals surface area contributed by atoms with Gasteiger partial charge in [-0.25, -0.2) is 0 Å². The van der Waals surface area contributed by atoms with Crippen LogP contribution in [0.2, 0.25) is 0 Å². The monoisotopic (exact) mass is 488 g/mol. The summed E-state index contributed by atoms with van der Waals surface area (Å²) >= 11 is 2.57. The fraction of sp³-hybridized carbons (Fsp3) is 0.478. The van der Waals surface area contributed by atoms with Gasteiger partial charge in [0.1, 0.15) is 5.54 Å². The number of ketones is 1. The first kappa shape index (κ1) is 23.6. The van der Waals surface area contributed by atoms with Crippen LogP contribution in [0.4, 0.5) is 0 Å². The highest BCUT2D eigenvalue weighted by Gasteiger charge is 2.44. The van der Waals surface area contributed by atoms with E-state index in [0.29, 0.717) is 73.2 Å². The van der Waals surface area contributed by atoms with E-state index in [1.54, 1.807) is 17.0 Å². The predicted octanol–water partition coefficient (Wildman–Crippen LogP) is 2.24. The molecule has 8 nitrogen and oxygen atoms in total. The minimum atomic E-state index is -0.990. The van der Waals surface area contributed by atoms with E-state index in [4.69, 9.17) is 0 Å². The number of carbonyl (C=O) groups excluding carboxylic acids is 4. The number of carbonyl (C=O) groups is 4. The molecule has 2 N–H and O–H groups in total. The summed E-state index contributed by atoms with van der Waals surface area (Å²) < 4.78 is 0. The quantitative estimate of drug-likeness (QED) is 0.629. The molecule has 2 aromatic rings. The molecule has 2 fully saturated rings. The lowest BCUT2D eigenvalue weighted by Gasteiger charge is -2.40.